The molecule has 6 nitrogen and oxygen atoms in total. The molecule has 0 aromatic carbocycles. The molecule has 0 unspecified atom stereocenters. The first-order valence-electron chi connectivity index (χ1n) is 7.64. The van der Waals surface area contributed by atoms with Gasteiger partial charge in [-0.15, -0.1) is 0 Å². The topological polar surface area (TPSA) is 67.9 Å². The predicted octanol–water partition coefficient (Wildman–Crippen LogP) is 1.40. The lowest BCUT2D eigenvalue weighted by molar-refractivity contribution is -0.160. The maximum absolute atomic E-state index is 12.3. The van der Waals surface area contributed by atoms with Gasteiger partial charge in [-0.25, -0.2) is 4.79 Å². The van der Waals surface area contributed by atoms with Gasteiger partial charge in [0.1, 0.15) is 5.60 Å². The number of carbonyl (C=O) groups excluding carboxylic acids is 2. The lowest BCUT2D eigenvalue weighted by Gasteiger charge is -2.41. The van der Waals surface area contributed by atoms with Crippen LogP contribution in [0.1, 0.15) is 34.1 Å². The Morgan fingerprint density at radius 1 is 1.38 bits per heavy atom. The number of hydrogen-bond acceptors (Lipinski definition) is 5. The normalized spacial score (nSPS) is 29.0. The third-order valence-corrected chi connectivity index (χ3v) is 4.21. The second-order valence-electron chi connectivity index (χ2n) is 6.88. The van der Waals surface area contributed by atoms with Gasteiger partial charge in [-0.3, -0.25) is 4.79 Å². The lowest BCUT2D eigenvalue weighted by atomic mass is 9.72. The molecule has 1 N–H and O–H groups in total. The van der Waals surface area contributed by atoms with Gasteiger partial charge in [-0.2, -0.15) is 0 Å². The van der Waals surface area contributed by atoms with Crippen molar-refractivity contribution in [2.45, 2.75) is 39.7 Å². The quantitative estimate of drug-likeness (QED) is 0.780. The van der Waals surface area contributed by atoms with Crippen LogP contribution in [0.5, 0.6) is 0 Å². The van der Waals surface area contributed by atoms with E-state index in [4.69, 9.17) is 9.47 Å². The zero-order chi connectivity index (χ0) is 15.7. The molecule has 21 heavy (non-hydrogen) atoms. The van der Waals surface area contributed by atoms with E-state index >= 15 is 0 Å². The van der Waals surface area contributed by atoms with E-state index in [1.165, 1.54) is 0 Å². The first-order chi connectivity index (χ1) is 9.78. The standard InChI is InChI=1S/C15H26N2O4/c1-5-20-12(18)15-6-7-17(9-11(15)8-16-10-15)13(19)21-14(2,3)4/h11,16H,5-10H2,1-4H3/t11-,15+/m0/s1. The van der Waals surface area contributed by atoms with Gasteiger partial charge in [0.15, 0.2) is 0 Å². The summed E-state index contributed by atoms with van der Waals surface area (Å²) in [6.07, 6.45) is 0.329. The predicted molar refractivity (Wildman–Crippen MR) is 77.8 cm³/mol. The molecule has 0 aromatic rings. The van der Waals surface area contributed by atoms with E-state index in [0.29, 0.717) is 32.7 Å². The molecule has 2 atom stereocenters. The van der Waals surface area contributed by atoms with Crippen LogP contribution in [0, 0.1) is 11.3 Å². The lowest BCUT2D eigenvalue weighted by Crippen LogP contribution is -2.53. The maximum Gasteiger partial charge on any atom is 0.410 e. The Morgan fingerprint density at radius 2 is 2.10 bits per heavy atom. The fraction of sp³-hybridized carbons (Fsp3) is 0.867. The number of esters is 1. The van der Waals surface area contributed by atoms with E-state index < -0.39 is 11.0 Å². The largest absolute Gasteiger partial charge is 0.466 e. The highest BCUT2D eigenvalue weighted by molar-refractivity contribution is 5.79. The number of rotatable bonds is 2. The molecule has 2 heterocycles. The minimum absolute atomic E-state index is 0.0952. The Kier molecular flexibility index (Phi) is 4.46. The van der Waals surface area contributed by atoms with Gasteiger partial charge in [0.2, 0.25) is 0 Å². The highest BCUT2D eigenvalue weighted by Gasteiger charge is 2.53. The second-order valence-corrected chi connectivity index (χ2v) is 6.88. The molecular formula is C15H26N2O4. The van der Waals surface area contributed by atoms with E-state index in [1.54, 1.807) is 4.90 Å². The average Bonchev–Trinajstić information content (AvgIpc) is 2.80. The number of ether oxygens (including phenoxy) is 2. The van der Waals surface area contributed by atoms with Gasteiger partial charge in [-0.1, -0.05) is 0 Å². The third-order valence-electron chi connectivity index (χ3n) is 4.21. The summed E-state index contributed by atoms with van der Waals surface area (Å²) in [5.41, 5.74) is -0.977. The number of hydrogen-bond donors (Lipinski definition) is 1. The van der Waals surface area contributed by atoms with Gasteiger partial charge in [0.05, 0.1) is 12.0 Å². The number of likely N-dealkylation sites (tertiary alicyclic amines) is 1. The minimum atomic E-state index is -0.499. The van der Waals surface area contributed by atoms with Crippen LogP contribution in [0.2, 0.25) is 0 Å². The molecule has 2 fully saturated rings. The van der Waals surface area contributed by atoms with Crippen molar-refractivity contribution >= 4 is 12.1 Å². The van der Waals surface area contributed by atoms with Gasteiger partial charge in [-0.05, 0) is 34.1 Å². The number of nitrogens with zero attached hydrogens (tertiary/aromatic N) is 1. The van der Waals surface area contributed by atoms with E-state index in [1.807, 2.05) is 27.7 Å². The van der Waals surface area contributed by atoms with Gasteiger partial charge in [0, 0.05) is 32.1 Å². The maximum atomic E-state index is 12.3. The molecule has 2 saturated heterocycles. The molecule has 2 rings (SSSR count). The number of fused-ring (bicyclic) bond motifs is 1. The van der Waals surface area contributed by atoms with Crippen LogP contribution >= 0.6 is 0 Å². The van der Waals surface area contributed by atoms with Gasteiger partial charge < -0.3 is 19.7 Å². The van der Waals surface area contributed by atoms with Crippen molar-refractivity contribution in [3.05, 3.63) is 0 Å². The van der Waals surface area contributed by atoms with Crippen molar-refractivity contribution in [1.29, 1.82) is 0 Å². The number of amides is 1. The summed E-state index contributed by atoms with van der Waals surface area (Å²) in [6, 6.07) is 0. The number of carbonyl (C=O) groups is 2. The Morgan fingerprint density at radius 3 is 2.71 bits per heavy atom. The first kappa shape index (κ1) is 16.1. The number of piperidine rings is 1. The Balaban J connectivity index is 2.04. The molecule has 120 valence electrons. The summed E-state index contributed by atoms with van der Waals surface area (Å²) in [4.78, 5) is 26.2. The van der Waals surface area contributed by atoms with Crippen molar-refractivity contribution < 1.29 is 19.1 Å². The van der Waals surface area contributed by atoms with E-state index in [-0.39, 0.29) is 18.0 Å². The molecule has 0 spiro atoms. The van der Waals surface area contributed by atoms with Crippen molar-refractivity contribution in [2.24, 2.45) is 11.3 Å². The molecule has 2 aliphatic heterocycles. The Bertz CT molecular complexity index is 418. The molecule has 0 bridgehead atoms. The second kappa shape index (κ2) is 5.83. The molecule has 2 aliphatic rings. The molecule has 0 saturated carbocycles. The van der Waals surface area contributed by atoms with E-state index in [0.717, 1.165) is 6.54 Å². The summed E-state index contributed by atoms with van der Waals surface area (Å²) in [7, 11) is 0. The van der Waals surface area contributed by atoms with Crippen LogP contribution in [-0.2, 0) is 14.3 Å². The van der Waals surface area contributed by atoms with Crippen LogP contribution in [0.4, 0.5) is 4.79 Å². The van der Waals surface area contributed by atoms with E-state index in [9.17, 15) is 9.59 Å². The Hall–Kier alpha value is -1.30. The molecule has 1 amide bonds. The van der Waals surface area contributed by atoms with Crippen molar-refractivity contribution in [3.63, 3.8) is 0 Å². The van der Waals surface area contributed by atoms with Crippen LogP contribution in [0.15, 0.2) is 0 Å². The monoisotopic (exact) mass is 298 g/mol. The Labute approximate surface area is 126 Å². The fourth-order valence-corrected chi connectivity index (χ4v) is 3.14. The van der Waals surface area contributed by atoms with Crippen molar-refractivity contribution in [3.8, 4) is 0 Å². The summed E-state index contributed by atoms with van der Waals surface area (Å²) < 4.78 is 10.7. The smallest absolute Gasteiger partial charge is 0.410 e. The highest BCUT2D eigenvalue weighted by Crippen LogP contribution is 2.40. The SMILES string of the molecule is CCOC(=O)[C@@]12CCN(C(=O)OC(C)(C)C)C[C@@H]1CNC2. The fourth-order valence-electron chi connectivity index (χ4n) is 3.14. The van der Waals surface area contributed by atoms with Crippen LogP contribution in [0.25, 0.3) is 0 Å². The van der Waals surface area contributed by atoms with Crippen LogP contribution < -0.4 is 5.32 Å². The summed E-state index contributed by atoms with van der Waals surface area (Å²) in [5, 5.41) is 3.27. The van der Waals surface area contributed by atoms with Crippen LogP contribution in [0.3, 0.4) is 0 Å². The van der Waals surface area contributed by atoms with Crippen LogP contribution in [-0.4, -0.2) is 55.3 Å². The minimum Gasteiger partial charge on any atom is -0.466 e. The molecule has 0 aliphatic carbocycles. The summed E-state index contributed by atoms with van der Waals surface area (Å²) >= 11 is 0. The van der Waals surface area contributed by atoms with Crippen molar-refractivity contribution in [1.82, 2.24) is 10.2 Å². The van der Waals surface area contributed by atoms with Crippen molar-refractivity contribution in [2.75, 3.05) is 32.8 Å². The van der Waals surface area contributed by atoms with Gasteiger partial charge in [0.25, 0.3) is 0 Å². The zero-order valence-electron chi connectivity index (χ0n) is 13.4. The highest BCUT2D eigenvalue weighted by atomic mass is 16.6. The summed E-state index contributed by atoms with van der Waals surface area (Å²) in [6.45, 7) is 10.2. The third kappa shape index (κ3) is 3.31. The summed E-state index contributed by atoms with van der Waals surface area (Å²) in [5.74, 6) is -0.0401. The molecule has 6 heteroatoms. The first-order valence-corrected chi connectivity index (χ1v) is 7.64. The molecule has 0 radical (unpaired) electrons. The number of nitrogens with one attached hydrogen (secondary N) is 1. The molecular weight excluding hydrogens is 272 g/mol. The zero-order valence-corrected chi connectivity index (χ0v) is 13.4. The average molecular weight is 298 g/mol. The molecule has 0 aromatic heterocycles. The van der Waals surface area contributed by atoms with Gasteiger partial charge >= 0.3 is 12.1 Å². The van der Waals surface area contributed by atoms with E-state index in [2.05, 4.69) is 5.32 Å².